The molecule has 38 heavy (non-hydrogen) atoms. The number of aliphatic hydroxyl groups is 1. The molecule has 0 unspecified atom stereocenters. The predicted molar refractivity (Wildman–Crippen MR) is 154 cm³/mol. The largest absolute Gasteiger partial charge is 0.393 e. The minimum absolute atomic E-state index is 0.0766. The van der Waals surface area contributed by atoms with Gasteiger partial charge in [0.25, 0.3) is 5.56 Å². The van der Waals surface area contributed by atoms with Gasteiger partial charge in [0.2, 0.25) is 0 Å². The van der Waals surface area contributed by atoms with Gasteiger partial charge in [-0.1, -0.05) is 65.5 Å². The van der Waals surface area contributed by atoms with Gasteiger partial charge in [-0.15, -0.1) is 0 Å². The molecule has 4 aliphatic rings. The molecular weight excluding hydrogens is 472 g/mol. The Morgan fingerprint density at radius 1 is 1.00 bits per heavy atom. The van der Waals surface area contributed by atoms with Crippen LogP contribution in [0, 0.1) is 46.3 Å². The molecule has 6 rings (SSSR count). The van der Waals surface area contributed by atoms with E-state index >= 15 is 0 Å². The summed E-state index contributed by atoms with van der Waals surface area (Å²) in [4.78, 5) is 23.6. The van der Waals surface area contributed by atoms with E-state index in [2.05, 4.69) is 60.6 Å². The zero-order valence-electron chi connectivity index (χ0n) is 24.3. The van der Waals surface area contributed by atoms with Crippen LogP contribution in [0.15, 0.2) is 29.1 Å². The predicted octanol–water partition coefficient (Wildman–Crippen LogP) is 7.03. The van der Waals surface area contributed by atoms with Crippen LogP contribution in [-0.4, -0.2) is 31.1 Å². The number of aromatic nitrogens is 4. The Hall–Kier alpha value is -1.95. The van der Waals surface area contributed by atoms with E-state index in [0.717, 1.165) is 48.3 Å². The number of hydrogen-bond donors (Lipinski definition) is 3. The average molecular weight is 523 g/mol. The van der Waals surface area contributed by atoms with Crippen LogP contribution < -0.4 is 5.56 Å². The van der Waals surface area contributed by atoms with E-state index in [0.29, 0.717) is 22.0 Å². The van der Waals surface area contributed by atoms with Crippen LogP contribution >= 0.6 is 0 Å². The van der Waals surface area contributed by atoms with Gasteiger partial charge < -0.3 is 15.1 Å². The van der Waals surface area contributed by atoms with E-state index in [4.69, 9.17) is 0 Å². The molecule has 0 spiro atoms. The standard InChI is InChI=1S/C27H46O.C5H4N4O/c1-18(2)7-6-8-19(3)23-11-12-24-22-10-9-20-17-21(28)13-15-26(20,4)25(22)14-16-27(23,24)5;10-5-3-4(7-1-6-3)8-2-9-5/h9,18-19,21-25,28H,6-8,10-17H2,1-5H3;1-2H,(H2,6,7,8,9,10)/t19-,21+,22+,23-,24+,25+,26+,27-;/m1./s1. The van der Waals surface area contributed by atoms with Crippen molar-refractivity contribution in [3.8, 4) is 0 Å². The highest BCUT2D eigenvalue weighted by Crippen LogP contribution is 2.67. The number of allylic oxidation sites excluding steroid dienone is 1. The third kappa shape index (κ3) is 5.02. The highest BCUT2D eigenvalue weighted by atomic mass is 16.3. The Labute approximate surface area is 228 Å². The first-order valence-corrected chi connectivity index (χ1v) is 15.4. The van der Waals surface area contributed by atoms with Crippen LogP contribution in [0.1, 0.15) is 105 Å². The summed E-state index contributed by atoms with van der Waals surface area (Å²) in [5, 5.41) is 10.2. The first kappa shape index (κ1) is 27.6. The topological polar surface area (TPSA) is 94.7 Å². The van der Waals surface area contributed by atoms with Crippen molar-refractivity contribution in [1.29, 1.82) is 0 Å². The Balaban J connectivity index is 0.000000244. The van der Waals surface area contributed by atoms with E-state index in [1.165, 1.54) is 70.4 Å². The molecule has 0 saturated heterocycles. The summed E-state index contributed by atoms with van der Waals surface area (Å²) in [5.41, 5.74) is 3.28. The number of nitrogens with zero attached hydrogens (tertiary/aromatic N) is 2. The van der Waals surface area contributed by atoms with Crippen molar-refractivity contribution in [1.82, 2.24) is 19.9 Å². The Kier molecular flexibility index (Phi) is 7.92. The molecule has 0 aliphatic heterocycles. The smallest absolute Gasteiger partial charge is 0.276 e. The van der Waals surface area contributed by atoms with Gasteiger partial charge in [-0.05, 0) is 97.7 Å². The number of nitrogens with one attached hydrogen (secondary N) is 2. The zero-order valence-corrected chi connectivity index (χ0v) is 24.3. The van der Waals surface area contributed by atoms with Crippen molar-refractivity contribution in [2.75, 3.05) is 0 Å². The van der Waals surface area contributed by atoms with Crippen molar-refractivity contribution in [3.63, 3.8) is 0 Å². The summed E-state index contributed by atoms with van der Waals surface area (Å²) in [6.07, 6.45) is 19.9. The fraction of sp³-hybridized carbons (Fsp3) is 0.781. The highest BCUT2D eigenvalue weighted by Gasteiger charge is 2.59. The molecule has 6 nitrogen and oxygen atoms in total. The fourth-order valence-electron chi connectivity index (χ4n) is 9.44. The number of H-pyrrole nitrogens is 2. The molecule has 210 valence electrons. The second-order valence-corrected chi connectivity index (χ2v) is 14.0. The average Bonchev–Trinajstić information content (AvgIpc) is 3.50. The lowest BCUT2D eigenvalue weighted by molar-refractivity contribution is -0.0573. The van der Waals surface area contributed by atoms with Crippen LogP contribution in [-0.2, 0) is 0 Å². The number of aliphatic hydroxyl groups excluding tert-OH is 1. The monoisotopic (exact) mass is 522 g/mol. The quantitative estimate of drug-likeness (QED) is 0.367. The molecule has 0 bridgehead atoms. The molecule has 8 atom stereocenters. The van der Waals surface area contributed by atoms with Crippen LogP contribution in [0.3, 0.4) is 0 Å². The summed E-state index contributed by atoms with van der Waals surface area (Å²) in [5.74, 6) is 5.46. The molecule has 0 radical (unpaired) electrons. The fourth-order valence-corrected chi connectivity index (χ4v) is 9.44. The minimum atomic E-state index is -0.192. The number of aromatic amines is 2. The van der Waals surface area contributed by atoms with Gasteiger partial charge in [0, 0.05) is 0 Å². The van der Waals surface area contributed by atoms with E-state index in [1.807, 2.05) is 0 Å². The first-order chi connectivity index (χ1) is 18.1. The summed E-state index contributed by atoms with van der Waals surface area (Å²) in [6.45, 7) is 12.6. The molecule has 4 aliphatic carbocycles. The second kappa shape index (κ2) is 10.9. The maximum absolute atomic E-state index is 10.9. The lowest BCUT2D eigenvalue weighted by atomic mass is 9.47. The van der Waals surface area contributed by atoms with Gasteiger partial charge in [0.15, 0.2) is 11.2 Å². The Morgan fingerprint density at radius 2 is 1.76 bits per heavy atom. The summed E-state index contributed by atoms with van der Waals surface area (Å²) < 4.78 is 0. The third-order valence-corrected chi connectivity index (χ3v) is 11.5. The highest BCUT2D eigenvalue weighted by molar-refractivity contribution is 5.67. The number of rotatable bonds is 5. The van der Waals surface area contributed by atoms with E-state index in [1.54, 1.807) is 5.57 Å². The van der Waals surface area contributed by atoms with Crippen molar-refractivity contribution in [3.05, 3.63) is 34.7 Å². The van der Waals surface area contributed by atoms with Gasteiger partial charge in [-0.3, -0.25) is 4.79 Å². The Morgan fingerprint density at radius 3 is 2.50 bits per heavy atom. The minimum Gasteiger partial charge on any atom is -0.393 e. The van der Waals surface area contributed by atoms with Gasteiger partial charge in [0.05, 0.1) is 18.8 Å². The van der Waals surface area contributed by atoms with E-state index < -0.39 is 0 Å². The van der Waals surface area contributed by atoms with Crippen LogP contribution in [0.5, 0.6) is 0 Å². The van der Waals surface area contributed by atoms with Gasteiger partial charge in [-0.2, -0.15) is 0 Å². The lowest BCUT2D eigenvalue weighted by Crippen LogP contribution is -2.50. The van der Waals surface area contributed by atoms with Gasteiger partial charge >= 0.3 is 0 Å². The van der Waals surface area contributed by atoms with Crippen molar-refractivity contribution in [2.24, 2.45) is 46.3 Å². The molecule has 3 saturated carbocycles. The van der Waals surface area contributed by atoms with Crippen molar-refractivity contribution < 1.29 is 5.11 Å². The zero-order chi connectivity index (χ0) is 27.1. The molecule has 0 amide bonds. The molecule has 2 aromatic heterocycles. The van der Waals surface area contributed by atoms with Gasteiger partial charge in [-0.25, -0.2) is 9.97 Å². The van der Waals surface area contributed by atoms with Crippen molar-refractivity contribution >= 4 is 11.2 Å². The lowest BCUT2D eigenvalue weighted by Gasteiger charge is -2.58. The Bertz CT molecular complexity index is 1180. The van der Waals surface area contributed by atoms with Gasteiger partial charge in [0.1, 0.15) is 0 Å². The first-order valence-electron chi connectivity index (χ1n) is 15.4. The normalized spacial score (nSPS) is 37.0. The van der Waals surface area contributed by atoms with E-state index in [-0.39, 0.29) is 11.7 Å². The molecule has 6 heteroatoms. The maximum Gasteiger partial charge on any atom is 0.276 e. The summed E-state index contributed by atoms with van der Waals surface area (Å²) in [7, 11) is 0. The van der Waals surface area contributed by atoms with Crippen LogP contribution in [0.25, 0.3) is 11.2 Å². The van der Waals surface area contributed by atoms with Crippen molar-refractivity contribution in [2.45, 2.75) is 111 Å². The molecule has 0 aromatic carbocycles. The number of imidazole rings is 1. The summed E-state index contributed by atoms with van der Waals surface area (Å²) in [6, 6.07) is 0. The van der Waals surface area contributed by atoms with Crippen LogP contribution in [0.2, 0.25) is 0 Å². The number of fused-ring (bicyclic) bond motifs is 6. The second-order valence-electron chi connectivity index (χ2n) is 14.0. The molecule has 2 heterocycles. The van der Waals surface area contributed by atoms with Crippen LogP contribution in [0.4, 0.5) is 0 Å². The molecule has 3 N–H and O–H groups in total. The SMILES string of the molecule is CC(C)CCC[C@@H](C)[C@H]1CC[C@H]2[C@@H]3CC=C4C[C@@H](O)CC[C@]4(C)[C@H]3CC[C@]12C.O=c1[nH]cnc2nc[nH]c12. The van der Waals surface area contributed by atoms with E-state index in [9.17, 15) is 9.90 Å². The molecular formula is C32H50N4O2. The molecule has 2 aromatic rings. The maximum atomic E-state index is 10.9. The molecule has 3 fully saturated rings. The third-order valence-electron chi connectivity index (χ3n) is 11.5. The number of hydrogen-bond acceptors (Lipinski definition) is 4. The summed E-state index contributed by atoms with van der Waals surface area (Å²) >= 11 is 0.